The molecule has 4 N–H and O–H groups in total. The number of rotatable bonds is 4. The summed E-state index contributed by atoms with van der Waals surface area (Å²) < 4.78 is 13.3. The van der Waals surface area contributed by atoms with Crippen LogP contribution < -0.4 is 11.1 Å². The van der Waals surface area contributed by atoms with Gasteiger partial charge in [-0.1, -0.05) is 11.6 Å². The van der Waals surface area contributed by atoms with Crippen LogP contribution in [0, 0.1) is 5.82 Å². The van der Waals surface area contributed by atoms with E-state index in [1.807, 2.05) is 0 Å². The summed E-state index contributed by atoms with van der Waals surface area (Å²) in [7, 11) is 0. The first-order chi connectivity index (χ1) is 7.41. The molecule has 1 rings (SSSR count). The third kappa shape index (κ3) is 3.33. The van der Waals surface area contributed by atoms with Gasteiger partial charge < -0.3 is 16.2 Å². The van der Waals surface area contributed by atoms with Crippen molar-refractivity contribution >= 4 is 39.2 Å². The van der Waals surface area contributed by atoms with E-state index in [1.54, 1.807) is 0 Å². The van der Waals surface area contributed by atoms with Crippen LogP contribution in [0.25, 0.3) is 0 Å². The Bertz CT molecular complexity index is 393. The minimum Gasteiger partial charge on any atom is -0.480 e. The number of carbonyl (C=O) groups is 1. The van der Waals surface area contributed by atoms with E-state index >= 15 is 0 Å². The van der Waals surface area contributed by atoms with Crippen molar-refractivity contribution in [1.29, 1.82) is 0 Å². The van der Waals surface area contributed by atoms with Crippen molar-refractivity contribution in [1.82, 2.24) is 0 Å². The molecule has 0 aromatic heterocycles. The van der Waals surface area contributed by atoms with E-state index in [2.05, 4.69) is 21.2 Å². The number of carboxylic acid groups (broad SMARTS) is 1. The van der Waals surface area contributed by atoms with Crippen LogP contribution in [-0.4, -0.2) is 23.7 Å². The largest absolute Gasteiger partial charge is 0.480 e. The summed E-state index contributed by atoms with van der Waals surface area (Å²) in [6.45, 7) is -0.000709. The highest BCUT2D eigenvalue weighted by molar-refractivity contribution is 9.10. The molecular formula is C9H9BrClFN2O2. The summed E-state index contributed by atoms with van der Waals surface area (Å²) in [5.74, 6) is -1.60. The number of aliphatic carboxylic acids is 1. The van der Waals surface area contributed by atoms with Gasteiger partial charge >= 0.3 is 5.97 Å². The van der Waals surface area contributed by atoms with Crippen LogP contribution in [0.4, 0.5) is 10.1 Å². The summed E-state index contributed by atoms with van der Waals surface area (Å²) in [5.41, 5.74) is 5.72. The SMILES string of the molecule is NC(CNc1c(Cl)cc(F)cc1Br)C(=O)O. The predicted octanol–water partition coefficient (Wildman–Crippen LogP) is 2.07. The first kappa shape index (κ1) is 13.2. The highest BCUT2D eigenvalue weighted by Crippen LogP contribution is 2.31. The lowest BCUT2D eigenvalue weighted by molar-refractivity contribution is -0.138. The summed E-state index contributed by atoms with van der Waals surface area (Å²) in [4.78, 5) is 10.5. The molecule has 1 unspecified atom stereocenters. The topological polar surface area (TPSA) is 75.3 Å². The van der Waals surface area contributed by atoms with Gasteiger partial charge in [0.25, 0.3) is 0 Å². The first-order valence-corrected chi connectivity index (χ1v) is 5.45. The summed E-state index contributed by atoms with van der Waals surface area (Å²) in [6.07, 6.45) is 0. The summed E-state index contributed by atoms with van der Waals surface area (Å²) in [6, 6.07) is 1.30. The number of carboxylic acids is 1. The van der Waals surface area contributed by atoms with Crippen molar-refractivity contribution in [2.75, 3.05) is 11.9 Å². The molecule has 0 aliphatic rings. The molecule has 0 aliphatic carbocycles. The molecule has 0 saturated heterocycles. The van der Waals surface area contributed by atoms with Crippen molar-refractivity contribution in [3.8, 4) is 0 Å². The molecule has 0 amide bonds. The van der Waals surface area contributed by atoms with Gasteiger partial charge in [-0.05, 0) is 28.1 Å². The maximum atomic E-state index is 12.9. The second-order valence-corrected chi connectivity index (χ2v) is 4.33. The van der Waals surface area contributed by atoms with E-state index in [4.69, 9.17) is 22.4 Å². The minimum atomic E-state index is -1.12. The van der Waals surface area contributed by atoms with Crippen molar-refractivity contribution < 1.29 is 14.3 Å². The van der Waals surface area contributed by atoms with Crippen molar-refractivity contribution in [2.45, 2.75) is 6.04 Å². The second-order valence-electron chi connectivity index (χ2n) is 3.07. The van der Waals surface area contributed by atoms with Gasteiger partial charge in [-0.15, -0.1) is 0 Å². The van der Waals surface area contributed by atoms with E-state index in [-0.39, 0.29) is 11.6 Å². The molecule has 0 bridgehead atoms. The van der Waals surface area contributed by atoms with Gasteiger partial charge in [0.1, 0.15) is 11.9 Å². The molecule has 0 saturated carbocycles. The zero-order valence-electron chi connectivity index (χ0n) is 8.01. The molecule has 0 fully saturated rings. The first-order valence-electron chi connectivity index (χ1n) is 4.28. The Morgan fingerprint density at radius 1 is 1.69 bits per heavy atom. The third-order valence-electron chi connectivity index (χ3n) is 1.82. The molecule has 16 heavy (non-hydrogen) atoms. The predicted molar refractivity (Wildman–Crippen MR) is 63.2 cm³/mol. The highest BCUT2D eigenvalue weighted by atomic mass is 79.9. The second kappa shape index (κ2) is 5.47. The Balaban J connectivity index is 2.78. The van der Waals surface area contributed by atoms with Crippen LogP contribution in [0.2, 0.25) is 5.02 Å². The van der Waals surface area contributed by atoms with Crippen molar-refractivity contribution in [3.63, 3.8) is 0 Å². The number of nitrogens with two attached hydrogens (primary N) is 1. The molecule has 1 aromatic carbocycles. The van der Waals surface area contributed by atoms with E-state index in [1.165, 1.54) is 6.07 Å². The Hall–Kier alpha value is -0.850. The standard InChI is InChI=1S/C9H9BrClFN2O2/c10-5-1-4(12)2-6(11)8(5)14-3-7(13)9(15)16/h1-2,7,14H,3,13H2,(H,15,16). The molecular weight excluding hydrogens is 302 g/mol. The third-order valence-corrected chi connectivity index (χ3v) is 2.75. The highest BCUT2D eigenvalue weighted by Gasteiger charge is 2.13. The van der Waals surface area contributed by atoms with E-state index < -0.39 is 17.8 Å². The zero-order valence-corrected chi connectivity index (χ0v) is 10.3. The number of hydrogen-bond acceptors (Lipinski definition) is 3. The van der Waals surface area contributed by atoms with E-state index in [9.17, 15) is 9.18 Å². The monoisotopic (exact) mass is 310 g/mol. The van der Waals surface area contributed by atoms with E-state index in [0.717, 1.165) is 6.07 Å². The molecule has 0 radical (unpaired) electrons. The fraction of sp³-hybridized carbons (Fsp3) is 0.222. The lowest BCUT2D eigenvalue weighted by Crippen LogP contribution is -2.37. The van der Waals surface area contributed by atoms with Crippen LogP contribution in [0.1, 0.15) is 0 Å². The number of anilines is 1. The fourth-order valence-electron chi connectivity index (χ4n) is 1.01. The molecule has 1 aromatic rings. The average Bonchev–Trinajstić information content (AvgIpc) is 2.15. The maximum Gasteiger partial charge on any atom is 0.322 e. The number of halogens is 3. The Morgan fingerprint density at radius 3 is 2.81 bits per heavy atom. The van der Waals surface area contributed by atoms with Gasteiger partial charge in [-0.3, -0.25) is 4.79 Å². The van der Waals surface area contributed by atoms with E-state index in [0.29, 0.717) is 10.2 Å². The number of nitrogens with one attached hydrogen (secondary N) is 1. The lowest BCUT2D eigenvalue weighted by atomic mass is 10.2. The smallest absolute Gasteiger partial charge is 0.322 e. The fourth-order valence-corrected chi connectivity index (χ4v) is 1.97. The van der Waals surface area contributed by atoms with Crippen molar-refractivity contribution in [3.05, 3.63) is 27.4 Å². The van der Waals surface area contributed by atoms with Crippen LogP contribution in [-0.2, 0) is 4.79 Å². The summed E-state index contributed by atoms with van der Waals surface area (Å²) >= 11 is 8.89. The lowest BCUT2D eigenvalue weighted by Gasteiger charge is -2.12. The summed E-state index contributed by atoms with van der Waals surface area (Å²) in [5, 5.41) is 11.5. The van der Waals surface area contributed by atoms with Gasteiger partial charge in [0.2, 0.25) is 0 Å². The zero-order chi connectivity index (χ0) is 12.3. The van der Waals surface area contributed by atoms with Crippen LogP contribution in [0.5, 0.6) is 0 Å². The molecule has 0 spiro atoms. The average molecular weight is 312 g/mol. The molecule has 0 heterocycles. The van der Waals surface area contributed by atoms with Crippen LogP contribution in [0.3, 0.4) is 0 Å². The molecule has 7 heteroatoms. The molecule has 4 nitrogen and oxygen atoms in total. The van der Waals surface area contributed by atoms with Gasteiger partial charge in [0.05, 0.1) is 10.7 Å². The Morgan fingerprint density at radius 2 is 2.31 bits per heavy atom. The number of hydrogen-bond donors (Lipinski definition) is 3. The minimum absolute atomic E-state index is 0.000709. The van der Waals surface area contributed by atoms with Gasteiger partial charge in [0.15, 0.2) is 0 Å². The Kier molecular flexibility index (Phi) is 4.52. The van der Waals surface area contributed by atoms with Crippen molar-refractivity contribution in [2.24, 2.45) is 5.73 Å². The normalized spacial score (nSPS) is 12.2. The maximum absolute atomic E-state index is 12.9. The molecule has 0 aliphatic heterocycles. The molecule has 1 atom stereocenters. The molecule has 88 valence electrons. The van der Waals surface area contributed by atoms with Crippen LogP contribution in [0.15, 0.2) is 16.6 Å². The Labute approximate surface area is 105 Å². The van der Waals surface area contributed by atoms with Gasteiger partial charge in [-0.25, -0.2) is 4.39 Å². The quantitative estimate of drug-likeness (QED) is 0.795. The van der Waals surface area contributed by atoms with Crippen LogP contribution >= 0.6 is 27.5 Å². The van der Waals surface area contributed by atoms with Gasteiger partial charge in [-0.2, -0.15) is 0 Å². The number of benzene rings is 1. The van der Waals surface area contributed by atoms with Gasteiger partial charge in [0, 0.05) is 11.0 Å².